The van der Waals surface area contributed by atoms with E-state index in [0.717, 1.165) is 12.3 Å². The highest BCUT2D eigenvalue weighted by atomic mass is 32.2. The maximum absolute atomic E-state index is 11.3. The molecule has 6 heteroatoms. The maximum atomic E-state index is 11.3. The summed E-state index contributed by atoms with van der Waals surface area (Å²) in [6.45, 7) is 3.15. The quantitative estimate of drug-likeness (QED) is 0.456. The molecule has 1 aromatic carbocycles. The van der Waals surface area contributed by atoms with Gasteiger partial charge in [-0.15, -0.1) is 0 Å². The molecule has 17 heavy (non-hydrogen) atoms. The topological polar surface area (TPSA) is 77.5 Å². The maximum Gasteiger partial charge on any atom is 0.346 e. The summed E-state index contributed by atoms with van der Waals surface area (Å²) in [6, 6.07) is 5.08. The normalized spacial score (nSPS) is 10.6. The van der Waals surface area contributed by atoms with Gasteiger partial charge in [0.05, 0.1) is 10.5 Å². The summed E-state index contributed by atoms with van der Waals surface area (Å²) < 4.78 is 26.7. The van der Waals surface area contributed by atoms with Crippen LogP contribution in [0.25, 0.3) is 0 Å². The molecule has 5 nitrogen and oxygen atoms in total. The van der Waals surface area contributed by atoms with Crippen LogP contribution < -0.4 is 0 Å². The summed E-state index contributed by atoms with van der Waals surface area (Å²) in [4.78, 5) is 22.2. The van der Waals surface area contributed by atoms with Crippen LogP contribution in [0.3, 0.4) is 0 Å². The van der Waals surface area contributed by atoms with E-state index in [1.807, 2.05) is 0 Å². The van der Waals surface area contributed by atoms with Crippen LogP contribution in [0.4, 0.5) is 0 Å². The standard InChI is InChI=1S/C11H10O5S/c1-3-10(12)16-11(13)8-4-6-9(7-5-8)17(2,14)15/h3-7H,1H2,2H3. The first-order valence-corrected chi connectivity index (χ1v) is 6.42. The first-order chi connectivity index (χ1) is 7.84. The van der Waals surface area contributed by atoms with Crippen LogP contribution in [-0.4, -0.2) is 26.6 Å². The minimum absolute atomic E-state index is 0.0871. The lowest BCUT2D eigenvalue weighted by Gasteiger charge is -2.01. The second-order valence-electron chi connectivity index (χ2n) is 3.21. The number of carbonyl (C=O) groups is 2. The zero-order valence-electron chi connectivity index (χ0n) is 9.04. The van der Waals surface area contributed by atoms with Gasteiger partial charge < -0.3 is 4.74 Å². The second kappa shape index (κ2) is 4.92. The molecule has 0 spiro atoms. The molecule has 1 aromatic rings. The Bertz CT molecular complexity index is 554. The van der Waals surface area contributed by atoms with Crippen LogP contribution in [0.5, 0.6) is 0 Å². The molecule has 0 atom stereocenters. The van der Waals surface area contributed by atoms with E-state index in [4.69, 9.17) is 0 Å². The molecular formula is C11H10O5S. The molecule has 0 bridgehead atoms. The molecule has 1 rings (SSSR count). The lowest BCUT2D eigenvalue weighted by Crippen LogP contribution is -2.10. The number of sulfone groups is 1. The number of carbonyl (C=O) groups excluding carboxylic acids is 2. The third-order valence-corrected chi connectivity index (χ3v) is 3.01. The Hall–Kier alpha value is -1.95. The summed E-state index contributed by atoms with van der Waals surface area (Å²) >= 11 is 0. The van der Waals surface area contributed by atoms with E-state index in [9.17, 15) is 18.0 Å². The molecular weight excluding hydrogens is 244 g/mol. The molecule has 0 N–H and O–H groups in total. The van der Waals surface area contributed by atoms with E-state index in [0.29, 0.717) is 0 Å². The third kappa shape index (κ3) is 3.53. The predicted molar refractivity (Wildman–Crippen MR) is 60.2 cm³/mol. The Kier molecular flexibility index (Phi) is 3.80. The summed E-state index contributed by atoms with van der Waals surface area (Å²) in [5.74, 6) is -1.71. The van der Waals surface area contributed by atoms with Crippen LogP contribution in [0, 0.1) is 0 Å². The van der Waals surface area contributed by atoms with E-state index in [1.165, 1.54) is 24.3 Å². The second-order valence-corrected chi connectivity index (χ2v) is 5.22. The fraction of sp³-hybridized carbons (Fsp3) is 0.0909. The minimum Gasteiger partial charge on any atom is -0.386 e. The van der Waals surface area contributed by atoms with Crippen molar-refractivity contribution < 1.29 is 22.7 Å². The van der Waals surface area contributed by atoms with Gasteiger partial charge in [-0.3, -0.25) is 0 Å². The monoisotopic (exact) mass is 254 g/mol. The first-order valence-electron chi connectivity index (χ1n) is 4.53. The van der Waals surface area contributed by atoms with Crippen molar-refractivity contribution in [3.8, 4) is 0 Å². The fourth-order valence-electron chi connectivity index (χ4n) is 1.03. The van der Waals surface area contributed by atoms with Gasteiger partial charge in [0, 0.05) is 12.3 Å². The molecule has 0 radical (unpaired) electrons. The molecule has 0 aliphatic heterocycles. The molecule has 0 aliphatic rings. The molecule has 0 aromatic heterocycles. The van der Waals surface area contributed by atoms with Crippen molar-refractivity contribution in [3.63, 3.8) is 0 Å². The molecule has 0 heterocycles. The zero-order chi connectivity index (χ0) is 13.1. The van der Waals surface area contributed by atoms with E-state index in [2.05, 4.69) is 11.3 Å². The molecule has 0 saturated carbocycles. The van der Waals surface area contributed by atoms with Crippen molar-refractivity contribution in [2.24, 2.45) is 0 Å². The van der Waals surface area contributed by atoms with E-state index < -0.39 is 21.8 Å². The Balaban J connectivity index is 2.92. The Morgan fingerprint density at radius 3 is 2.18 bits per heavy atom. The number of hydrogen-bond donors (Lipinski definition) is 0. The fourth-order valence-corrected chi connectivity index (χ4v) is 1.66. The van der Waals surface area contributed by atoms with Crippen LogP contribution in [0.1, 0.15) is 10.4 Å². The van der Waals surface area contributed by atoms with Crippen LogP contribution in [0.2, 0.25) is 0 Å². The Morgan fingerprint density at radius 2 is 1.76 bits per heavy atom. The molecule has 0 amide bonds. The van der Waals surface area contributed by atoms with Crippen molar-refractivity contribution in [1.82, 2.24) is 0 Å². The predicted octanol–water partition coefficient (Wildman–Crippen LogP) is 0.960. The Morgan fingerprint density at radius 1 is 1.24 bits per heavy atom. The van der Waals surface area contributed by atoms with E-state index in [1.54, 1.807) is 0 Å². The van der Waals surface area contributed by atoms with Gasteiger partial charge in [-0.05, 0) is 24.3 Å². The average molecular weight is 254 g/mol. The highest BCUT2D eigenvalue weighted by Gasteiger charge is 2.12. The van der Waals surface area contributed by atoms with Gasteiger partial charge in [-0.1, -0.05) is 6.58 Å². The van der Waals surface area contributed by atoms with Crippen molar-refractivity contribution in [2.45, 2.75) is 4.90 Å². The van der Waals surface area contributed by atoms with Crippen LogP contribution in [0.15, 0.2) is 41.8 Å². The SMILES string of the molecule is C=CC(=O)OC(=O)c1ccc(S(C)(=O)=O)cc1. The minimum atomic E-state index is -3.31. The summed E-state index contributed by atoms with van der Waals surface area (Å²) in [6.07, 6.45) is 1.92. The molecule has 0 fully saturated rings. The summed E-state index contributed by atoms with van der Waals surface area (Å²) in [7, 11) is -3.31. The van der Waals surface area contributed by atoms with Gasteiger partial charge in [0.15, 0.2) is 9.84 Å². The van der Waals surface area contributed by atoms with Crippen LogP contribution >= 0.6 is 0 Å². The summed E-state index contributed by atoms with van der Waals surface area (Å²) in [5.41, 5.74) is 0.0904. The third-order valence-electron chi connectivity index (χ3n) is 1.88. The highest BCUT2D eigenvalue weighted by Crippen LogP contribution is 2.11. The smallest absolute Gasteiger partial charge is 0.346 e. The molecule has 0 unspecified atom stereocenters. The number of hydrogen-bond acceptors (Lipinski definition) is 5. The van der Waals surface area contributed by atoms with Crippen molar-refractivity contribution in [1.29, 1.82) is 0 Å². The van der Waals surface area contributed by atoms with Crippen LogP contribution in [-0.2, 0) is 19.4 Å². The number of benzene rings is 1. The van der Waals surface area contributed by atoms with Crippen molar-refractivity contribution in [2.75, 3.05) is 6.26 Å². The van der Waals surface area contributed by atoms with Gasteiger partial charge >= 0.3 is 11.9 Å². The summed E-state index contributed by atoms with van der Waals surface area (Å²) in [5, 5.41) is 0. The van der Waals surface area contributed by atoms with Crippen molar-refractivity contribution >= 4 is 21.8 Å². The first kappa shape index (κ1) is 13.1. The van der Waals surface area contributed by atoms with Gasteiger partial charge in [-0.2, -0.15) is 0 Å². The van der Waals surface area contributed by atoms with E-state index >= 15 is 0 Å². The molecule has 90 valence electrons. The number of ether oxygens (including phenoxy) is 1. The Labute approximate surface area is 98.6 Å². The van der Waals surface area contributed by atoms with Gasteiger partial charge in [-0.25, -0.2) is 18.0 Å². The van der Waals surface area contributed by atoms with Gasteiger partial charge in [0.25, 0.3) is 0 Å². The molecule has 0 saturated heterocycles. The lowest BCUT2D eigenvalue weighted by atomic mass is 10.2. The number of esters is 2. The average Bonchev–Trinajstić information content (AvgIpc) is 2.27. The zero-order valence-corrected chi connectivity index (χ0v) is 9.86. The largest absolute Gasteiger partial charge is 0.386 e. The van der Waals surface area contributed by atoms with Gasteiger partial charge in [0.1, 0.15) is 0 Å². The number of rotatable bonds is 3. The molecule has 0 aliphatic carbocycles. The lowest BCUT2D eigenvalue weighted by molar-refractivity contribution is -0.132. The highest BCUT2D eigenvalue weighted by molar-refractivity contribution is 7.90. The van der Waals surface area contributed by atoms with Gasteiger partial charge in [0.2, 0.25) is 0 Å². The van der Waals surface area contributed by atoms with Crippen molar-refractivity contribution in [3.05, 3.63) is 42.5 Å². The van der Waals surface area contributed by atoms with E-state index in [-0.39, 0.29) is 10.5 Å².